The van der Waals surface area contributed by atoms with E-state index in [1.54, 1.807) is 18.4 Å². The molecule has 0 fully saturated rings. The molecule has 5 nitrogen and oxygen atoms in total. The van der Waals surface area contributed by atoms with Crippen molar-refractivity contribution in [1.82, 2.24) is 14.9 Å². The SMILES string of the molecule is COc1ccc(-c2cc3nc(CN(C)Cc4cccs4)[nH]c(=O)c3s2)cc1. The molecule has 1 N–H and O–H groups in total. The maximum atomic E-state index is 12.5. The standard InChI is InChI=1S/C20H19N3O2S2/c1-23(11-15-4-3-9-26-15)12-18-21-16-10-17(27-19(16)20(24)22-18)13-5-7-14(25-2)8-6-13/h3-10H,11-12H2,1-2H3,(H,21,22,24). The minimum absolute atomic E-state index is 0.0794. The summed E-state index contributed by atoms with van der Waals surface area (Å²) in [6, 6.07) is 14.0. The van der Waals surface area contributed by atoms with Gasteiger partial charge in [-0.05, 0) is 54.4 Å². The summed E-state index contributed by atoms with van der Waals surface area (Å²) >= 11 is 3.19. The number of hydrogen-bond acceptors (Lipinski definition) is 6. The maximum absolute atomic E-state index is 12.5. The molecule has 0 aliphatic carbocycles. The van der Waals surface area contributed by atoms with E-state index in [2.05, 4.69) is 26.3 Å². The third-order valence-corrected chi connectivity index (χ3v) is 6.27. The second kappa shape index (κ2) is 7.64. The van der Waals surface area contributed by atoms with Gasteiger partial charge < -0.3 is 9.72 Å². The van der Waals surface area contributed by atoms with E-state index < -0.39 is 0 Å². The van der Waals surface area contributed by atoms with Gasteiger partial charge in [0.15, 0.2) is 0 Å². The highest BCUT2D eigenvalue weighted by molar-refractivity contribution is 7.22. The van der Waals surface area contributed by atoms with Crippen molar-refractivity contribution in [1.29, 1.82) is 0 Å². The Morgan fingerprint density at radius 2 is 2.00 bits per heavy atom. The molecule has 0 bridgehead atoms. The Balaban J connectivity index is 1.60. The summed E-state index contributed by atoms with van der Waals surface area (Å²) in [6.07, 6.45) is 0. The number of aromatic amines is 1. The van der Waals surface area contributed by atoms with Gasteiger partial charge in [-0.3, -0.25) is 9.69 Å². The number of benzene rings is 1. The van der Waals surface area contributed by atoms with Gasteiger partial charge in [0, 0.05) is 16.3 Å². The number of ether oxygens (including phenoxy) is 1. The van der Waals surface area contributed by atoms with Gasteiger partial charge in [0.2, 0.25) is 0 Å². The van der Waals surface area contributed by atoms with Gasteiger partial charge in [-0.25, -0.2) is 4.98 Å². The highest BCUT2D eigenvalue weighted by atomic mass is 32.1. The van der Waals surface area contributed by atoms with Gasteiger partial charge in [0.05, 0.1) is 19.2 Å². The predicted molar refractivity (Wildman–Crippen MR) is 112 cm³/mol. The van der Waals surface area contributed by atoms with Crippen LogP contribution in [-0.4, -0.2) is 29.0 Å². The van der Waals surface area contributed by atoms with E-state index in [0.717, 1.165) is 28.3 Å². The minimum atomic E-state index is -0.0794. The van der Waals surface area contributed by atoms with Gasteiger partial charge in [-0.15, -0.1) is 22.7 Å². The van der Waals surface area contributed by atoms with Crippen molar-refractivity contribution in [3.05, 3.63) is 68.9 Å². The molecular formula is C20H19N3O2S2. The van der Waals surface area contributed by atoms with Crippen molar-refractivity contribution in [3.8, 4) is 16.2 Å². The molecule has 0 atom stereocenters. The highest BCUT2D eigenvalue weighted by Crippen LogP contribution is 2.31. The molecule has 138 valence electrons. The van der Waals surface area contributed by atoms with Gasteiger partial charge in [-0.1, -0.05) is 6.07 Å². The van der Waals surface area contributed by atoms with Gasteiger partial charge >= 0.3 is 0 Å². The van der Waals surface area contributed by atoms with Crippen molar-refractivity contribution >= 4 is 32.9 Å². The fourth-order valence-electron chi connectivity index (χ4n) is 2.94. The van der Waals surface area contributed by atoms with Crippen LogP contribution >= 0.6 is 22.7 Å². The fourth-order valence-corrected chi connectivity index (χ4v) is 4.72. The lowest BCUT2D eigenvalue weighted by Gasteiger charge is -2.14. The highest BCUT2D eigenvalue weighted by Gasteiger charge is 2.12. The smallest absolute Gasteiger partial charge is 0.268 e. The first kappa shape index (κ1) is 17.9. The molecule has 4 rings (SSSR count). The third kappa shape index (κ3) is 3.95. The van der Waals surface area contributed by atoms with Gasteiger partial charge in [0.25, 0.3) is 5.56 Å². The Bertz CT molecular complexity index is 1100. The molecule has 0 saturated heterocycles. The van der Waals surface area contributed by atoms with E-state index in [1.807, 2.05) is 43.4 Å². The van der Waals surface area contributed by atoms with Crippen molar-refractivity contribution < 1.29 is 4.74 Å². The average molecular weight is 398 g/mol. The van der Waals surface area contributed by atoms with Crippen molar-refractivity contribution in [2.75, 3.05) is 14.2 Å². The number of hydrogen-bond donors (Lipinski definition) is 1. The van der Waals surface area contributed by atoms with E-state index in [1.165, 1.54) is 16.2 Å². The maximum Gasteiger partial charge on any atom is 0.268 e. The Kier molecular flexibility index (Phi) is 5.07. The molecule has 0 aliphatic heterocycles. The van der Waals surface area contributed by atoms with Crippen LogP contribution in [0.2, 0.25) is 0 Å². The zero-order chi connectivity index (χ0) is 18.8. The summed E-state index contributed by atoms with van der Waals surface area (Å²) in [5, 5.41) is 2.07. The van der Waals surface area contributed by atoms with Gasteiger partial charge in [0.1, 0.15) is 16.3 Å². The summed E-state index contributed by atoms with van der Waals surface area (Å²) in [6.45, 7) is 1.43. The lowest BCUT2D eigenvalue weighted by atomic mass is 10.2. The lowest BCUT2D eigenvalue weighted by molar-refractivity contribution is 0.313. The second-order valence-corrected chi connectivity index (χ2v) is 8.40. The van der Waals surface area contributed by atoms with E-state index in [0.29, 0.717) is 17.1 Å². The molecule has 7 heteroatoms. The lowest BCUT2D eigenvalue weighted by Crippen LogP contribution is -2.21. The Morgan fingerprint density at radius 3 is 2.70 bits per heavy atom. The fraction of sp³-hybridized carbons (Fsp3) is 0.200. The van der Waals surface area contributed by atoms with Crippen LogP contribution in [0.3, 0.4) is 0 Å². The number of rotatable bonds is 6. The summed E-state index contributed by atoms with van der Waals surface area (Å²) in [5.41, 5.74) is 1.72. The third-order valence-electron chi connectivity index (χ3n) is 4.23. The first-order valence-corrected chi connectivity index (χ1v) is 10.2. The molecule has 1 aromatic carbocycles. The van der Waals surface area contributed by atoms with Crippen LogP contribution in [0.25, 0.3) is 20.7 Å². The number of fused-ring (bicyclic) bond motifs is 1. The number of nitrogens with zero attached hydrogens (tertiary/aromatic N) is 2. The molecule has 4 aromatic rings. The molecule has 3 heterocycles. The van der Waals surface area contributed by atoms with Crippen molar-refractivity contribution in [2.24, 2.45) is 0 Å². The zero-order valence-corrected chi connectivity index (χ0v) is 16.7. The Morgan fingerprint density at radius 1 is 1.19 bits per heavy atom. The summed E-state index contributed by atoms with van der Waals surface area (Å²) in [4.78, 5) is 24.6. The Hall–Kier alpha value is -2.48. The van der Waals surface area contributed by atoms with Crippen LogP contribution in [-0.2, 0) is 13.1 Å². The van der Waals surface area contributed by atoms with Crippen LogP contribution in [0, 0.1) is 0 Å². The zero-order valence-electron chi connectivity index (χ0n) is 15.1. The monoisotopic (exact) mass is 397 g/mol. The molecular weight excluding hydrogens is 378 g/mol. The molecule has 0 spiro atoms. The average Bonchev–Trinajstić information content (AvgIpc) is 3.31. The number of H-pyrrole nitrogens is 1. The van der Waals surface area contributed by atoms with E-state index in [-0.39, 0.29) is 5.56 Å². The molecule has 0 unspecified atom stereocenters. The summed E-state index contributed by atoms with van der Waals surface area (Å²) in [5.74, 6) is 1.50. The number of aromatic nitrogens is 2. The largest absolute Gasteiger partial charge is 0.497 e. The quantitative estimate of drug-likeness (QED) is 0.525. The molecule has 0 aliphatic rings. The van der Waals surface area contributed by atoms with E-state index >= 15 is 0 Å². The number of thiophene rings is 2. The first-order valence-electron chi connectivity index (χ1n) is 8.50. The van der Waals surface area contributed by atoms with Crippen LogP contribution in [0.4, 0.5) is 0 Å². The van der Waals surface area contributed by atoms with E-state index in [4.69, 9.17) is 4.74 Å². The molecule has 0 radical (unpaired) electrons. The molecule has 0 saturated carbocycles. The van der Waals surface area contributed by atoms with Crippen molar-refractivity contribution in [3.63, 3.8) is 0 Å². The normalized spacial score (nSPS) is 11.4. The first-order chi connectivity index (χ1) is 13.1. The number of nitrogens with one attached hydrogen (secondary N) is 1. The molecule has 3 aromatic heterocycles. The summed E-state index contributed by atoms with van der Waals surface area (Å²) in [7, 11) is 3.68. The van der Waals surface area contributed by atoms with Crippen molar-refractivity contribution in [2.45, 2.75) is 13.1 Å². The summed E-state index contributed by atoms with van der Waals surface area (Å²) < 4.78 is 5.86. The van der Waals surface area contributed by atoms with Gasteiger partial charge in [-0.2, -0.15) is 0 Å². The molecule has 0 amide bonds. The predicted octanol–water partition coefficient (Wildman–Crippen LogP) is 4.35. The van der Waals surface area contributed by atoms with Crippen LogP contribution < -0.4 is 10.3 Å². The van der Waals surface area contributed by atoms with Crippen LogP contribution in [0.1, 0.15) is 10.7 Å². The number of methoxy groups -OCH3 is 1. The van der Waals surface area contributed by atoms with Crippen LogP contribution in [0.15, 0.2) is 52.6 Å². The second-order valence-electron chi connectivity index (χ2n) is 6.32. The topological polar surface area (TPSA) is 58.2 Å². The Labute approximate surface area is 164 Å². The molecule has 27 heavy (non-hydrogen) atoms. The minimum Gasteiger partial charge on any atom is -0.497 e. The van der Waals surface area contributed by atoms with Crippen LogP contribution in [0.5, 0.6) is 5.75 Å². The van der Waals surface area contributed by atoms with E-state index in [9.17, 15) is 4.79 Å².